The zero-order valence-electron chi connectivity index (χ0n) is 11.7. The summed E-state index contributed by atoms with van der Waals surface area (Å²) in [4.78, 5) is 11.6. The van der Waals surface area contributed by atoms with E-state index in [9.17, 15) is 4.79 Å². The zero-order valence-corrected chi connectivity index (χ0v) is 11.7. The summed E-state index contributed by atoms with van der Waals surface area (Å²) in [5.41, 5.74) is 0.536. The fourth-order valence-electron chi connectivity index (χ4n) is 1.81. The van der Waals surface area contributed by atoms with Gasteiger partial charge in [-0.25, -0.2) is 0 Å². The molecular formula is C16H16O4. The predicted octanol–water partition coefficient (Wildman–Crippen LogP) is 3.70. The van der Waals surface area contributed by atoms with E-state index in [-0.39, 0.29) is 5.78 Å². The second-order valence-electron chi connectivity index (χ2n) is 4.20. The molecule has 4 nitrogen and oxygen atoms in total. The lowest BCUT2D eigenvalue weighted by Gasteiger charge is -2.11. The number of Topliss-reactive ketones (excluding diaryl/α,β-unsaturated/α-hetero) is 1. The molecule has 2 aromatic carbocycles. The molecule has 0 radical (unpaired) electrons. The van der Waals surface area contributed by atoms with Crippen LogP contribution in [0.15, 0.2) is 42.5 Å². The third-order valence-corrected chi connectivity index (χ3v) is 2.82. The minimum Gasteiger partial charge on any atom is -0.496 e. The van der Waals surface area contributed by atoms with Crippen molar-refractivity contribution >= 4 is 5.78 Å². The van der Waals surface area contributed by atoms with Gasteiger partial charge >= 0.3 is 0 Å². The highest BCUT2D eigenvalue weighted by molar-refractivity contribution is 5.96. The van der Waals surface area contributed by atoms with Crippen LogP contribution in [0.25, 0.3) is 0 Å². The predicted molar refractivity (Wildman–Crippen MR) is 76.1 cm³/mol. The summed E-state index contributed by atoms with van der Waals surface area (Å²) in [5.74, 6) is 2.26. The average Bonchev–Trinajstić information content (AvgIpc) is 2.47. The van der Waals surface area contributed by atoms with Gasteiger partial charge in [0.05, 0.1) is 19.8 Å². The third kappa shape index (κ3) is 3.09. The van der Waals surface area contributed by atoms with E-state index >= 15 is 0 Å². The Bertz CT molecular complexity index is 597. The van der Waals surface area contributed by atoms with E-state index < -0.39 is 0 Å². The maximum absolute atomic E-state index is 11.6. The van der Waals surface area contributed by atoms with Crippen LogP contribution in [0.5, 0.6) is 23.0 Å². The van der Waals surface area contributed by atoms with E-state index in [1.165, 1.54) is 6.92 Å². The highest BCUT2D eigenvalue weighted by Crippen LogP contribution is 2.32. The molecule has 0 aliphatic rings. The van der Waals surface area contributed by atoms with Crippen molar-refractivity contribution in [1.29, 1.82) is 0 Å². The average molecular weight is 272 g/mol. The third-order valence-electron chi connectivity index (χ3n) is 2.82. The first-order valence-electron chi connectivity index (χ1n) is 6.15. The SMILES string of the molecule is COc1cc(OC)cc(Oc2ccccc2C(C)=O)c1. The van der Waals surface area contributed by atoms with Gasteiger partial charge in [-0.3, -0.25) is 4.79 Å². The van der Waals surface area contributed by atoms with Crippen molar-refractivity contribution in [2.24, 2.45) is 0 Å². The van der Waals surface area contributed by atoms with Crippen LogP contribution in [0, 0.1) is 0 Å². The number of carbonyl (C=O) groups is 1. The number of methoxy groups -OCH3 is 2. The van der Waals surface area contributed by atoms with Gasteiger partial charge < -0.3 is 14.2 Å². The molecule has 0 amide bonds. The smallest absolute Gasteiger partial charge is 0.163 e. The fourth-order valence-corrected chi connectivity index (χ4v) is 1.81. The largest absolute Gasteiger partial charge is 0.496 e. The Kier molecular flexibility index (Phi) is 4.25. The lowest BCUT2D eigenvalue weighted by Crippen LogP contribution is -1.97. The molecule has 20 heavy (non-hydrogen) atoms. The normalized spacial score (nSPS) is 9.95. The highest BCUT2D eigenvalue weighted by Gasteiger charge is 2.10. The van der Waals surface area contributed by atoms with Crippen molar-refractivity contribution in [1.82, 2.24) is 0 Å². The molecule has 104 valence electrons. The summed E-state index contributed by atoms with van der Waals surface area (Å²) >= 11 is 0. The first-order valence-corrected chi connectivity index (χ1v) is 6.15. The van der Waals surface area contributed by atoms with Gasteiger partial charge in [0, 0.05) is 18.2 Å². The van der Waals surface area contributed by atoms with Crippen molar-refractivity contribution in [2.45, 2.75) is 6.92 Å². The van der Waals surface area contributed by atoms with E-state index in [2.05, 4.69) is 0 Å². The Balaban J connectivity index is 2.37. The molecule has 0 spiro atoms. The lowest BCUT2D eigenvalue weighted by atomic mass is 10.1. The first-order chi connectivity index (χ1) is 9.63. The van der Waals surface area contributed by atoms with Crippen LogP contribution < -0.4 is 14.2 Å². The molecule has 0 unspecified atom stereocenters. The van der Waals surface area contributed by atoms with E-state index in [1.807, 2.05) is 6.07 Å². The molecule has 0 bridgehead atoms. The van der Waals surface area contributed by atoms with Gasteiger partial charge in [0.25, 0.3) is 0 Å². The monoisotopic (exact) mass is 272 g/mol. The van der Waals surface area contributed by atoms with Gasteiger partial charge in [0.15, 0.2) is 5.78 Å². The maximum atomic E-state index is 11.6. The maximum Gasteiger partial charge on any atom is 0.163 e. The fraction of sp³-hybridized carbons (Fsp3) is 0.188. The number of hydrogen-bond acceptors (Lipinski definition) is 4. The first kappa shape index (κ1) is 13.9. The molecule has 0 saturated heterocycles. The second kappa shape index (κ2) is 6.10. The molecule has 0 atom stereocenters. The van der Waals surface area contributed by atoms with Crippen LogP contribution in [0.4, 0.5) is 0 Å². The second-order valence-corrected chi connectivity index (χ2v) is 4.20. The van der Waals surface area contributed by atoms with Crippen molar-refractivity contribution in [3.63, 3.8) is 0 Å². The topological polar surface area (TPSA) is 44.8 Å². The standard InChI is InChI=1S/C16H16O4/c1-11(17)15-6-4-5-7-16(15)20-14-9-12(18-2)8-13(10-14)19-3/h4-10H,1-3H3. The summed E-state index contributed by atoms with van der Waals surface area (Å²) in [5, 5.41) is 0. The Morgan fingerprint density at radius 3 is 2.00 bits per heavy atom. The summed E-state index contributed by atoms with van der Waals surface area (Å²) in [7, 11) is 3.14. The highest BCUT2D eigenvalue weighted by atomic mass is 16.5. The van der Waals surface area contributed by atoms with Crippen LogP contribution in [-0.2, 0) is 0 Å². The van der Waals surface area contributed by atoms with E-state index in [4.69, 9.17) is 14.2 Å². The molecular weight excluding hydrogens is 256 g/mol. The molecule has 2 rings (SSSR count). The van der Waals surface area contributed by atoms with E-state index in [0.29, 0.717) is 28.6 Å². The van der Waals surface area contributed by atoms with Crippen LogP contribution in [0.2, 0.25) is 0 Å². The van der Waals surface area contributed by atoms with E-state index in [1.54, 1.807) is 50.6 Å². The number of hydrogen-bond donors (Lipinski definition) is 0. The van der Waals surface area contributed by atoms with Gasteiger partial charge in [-0.05, 0) is 19.1 Å². The molecule has 0 aromatic heterocycles. The molecule has 0 aliphatic carbocycles. The van der Waals surface area contributed by atoms with Gasteiger partial charge in [0.1, 0.15) is 23.0 Å². The number of benzene rings is 2. The Morgan fingerprint density at radius 2 is 1.45 bits per heavy atom. The Hall–Kier alpha value is -2.49. The van der Waals surface area contributed by atoms with Crippen LogP contribution in [0.1, 0.15) is 17.3 Å². The minimum atomic E-state index is -0.0459. The number of ketones is 1. The zero-order chi connectivity index (χ0) is 14.5. The Labute approximate surface area is 117 Å². The molecule has 0 heterocycles. The summed E-state index contributed by atoms with van der Waals surface area (Å²) in [6, 6.07) is 12.3. The minimum absolute atomic E-state index is 0.0459. The number of rotatable bonds is 5. The van der Waals surface area contributed by atoms with Crippen molar-refractivity contribution in [3.8, 4) is 23.0 Å². The van der Waals surface area contributed by atoms with Gasteiger partial charge in [-0.1, -0.05) is 12.1 Å². The molecule has 2 aromatic rings. The number of ether oxygens (including phenoxy) is 3. The van der Waals surface area contributed by atoms with Crippen molar-refractivity contribution < 1.29 is 19.0 Å². The number of carbonyl (C=O) groups excluding carboxylic acids is 1. The lowest BCUT2D eigenvalue weighted by molar-refractivity contribution is 0.101. The molecule has 0 N–H and O–H groups in total. The molecule has 4 heteroatoms. The van der Waals surface area contributed by atoms with E-state index in [0.717, 1.165) is 0 Å². The van der Waals surface area contributed by atoms with Gasteiger partial charge in [0.2, 0.25) is 0 Å². The van der Waals surface area contributed by atoms with Gasteiger partial charge in [-0.2, -0.15) is 0 Å². The Morgan fingerprint density at radius 1 is 0.900 bits per heavy atom. The summed E-state index contributed by atoms with van der Waals surface area (Å²) in [6.45, 7) is 1.51. The number of para-hydroxylation sites is 1. The molecule has 0 saturated carbocycles. The van der Waals surface area contributed by atoms with Crippen molar-refractivity contribution in [2.75, 3.05) is 14.2 Å². The summed E-state index contributed by atoms with van der Waals surface area (Å²) in [6.07, 6.45) is 0. The van der Waals surface area contributed by atoms with Crippen LogP contribution >= 0.6 is 0 Å². The molecule has 0 fully saturated rings. The quantitative estimate of drug-likeness (QED) is 0.778. The summed E-state index contributed by atoms with van der Waals surface area (Å²) < 4.78 is 16.1. The van der Waals surface area contributed by atoms with Crippen molar-refractivity contribution in [3.05, 3.63) is 48.0 Å². The molecule has 0 aliphatic heterocycles. The van der Waals surface area contributed by atoms with Gasteiger partial charge in [-0.15, -0.1) is 0 Å². The van der Waals surface area contributed by atoms with Crippen LogP contribution in [0.3, 0.4) is 0 Å². The van der Waals surface area contributed by atoms with Crippen LogP contribution in [-0.4, -0.2) is 20.0 Å².